The van der Waals surface area contributed by atoms with Gasteiger partial charge in [0.1, 0.15) is 0 Å². The van der Waals surface area contributed by atoms with Gasteiger partial charge in [0, 0.05) is 17.3 Å². The molecule has 0 saturated heterocycles. The van der Waals surface area contributed by atoms with E-state index in [1.807, 2.05) is 18.2 Å². The van der Waals surface area contributed by atoms with E-state index < -0.39 is 0 Å². The summed E-state index contributed by atoms with van der Waals surface area (Å²) in [6, 6.07) is 14.9. The monoisotopic (exact) mass is 280 g/mol. The zero-order valence-electron chi connectivity index (χ0n) is 12.7. The minimum atomic E-state index is 0.295. The summed E-state index contributed by atoms with van der Waals surface area (Å²) in [6.45, 7) is 2.20. The molecule has 0 bridgehead atoms. The van der Waals surface area contributed by atoms with Crippen molar-refractivity contribution in [2.24, 2.45) is 0 Å². The van der Waals surface area contributed by atoms with Crippen LogP contribution in [0.3, 0.4) is 0 Å². The van der Waals surface area contributed by atoms with Crippen LogP contribution in [0, 0.1) is 0 Å². The fraction of sp³-hybridized carbons (Fsp3) is 0.368. The molecule has 2 nitrogen and oxygen atoms in total. The highest BCUT2D eigenvalue weighted by molar-refractivity contribution is 5.59. The highest BCUT2D eigenvalue weighted by atomic mass is 14.6. The Morgan fingerprint density at radius 3 is 2.24 bits per heavy atom. The minimum Gasteiger partial charge on any atom is -0.399 e. The maximum absolute atomic E-state index is 6.11. The third-order valence-electron chi connectivity index (χ3n) is 4.84. The first kappa shape index (κ1) is 14.0. The summed E-state index contributed by atoms with van der Waals surface area (Å²) in [7, 11) is 0. The van der Waals surface area contributed by atoms with E-state index in [4.69, 9.17) is 11.5 Å². The lowest BCUT2D eigenvalue weighted by Gasteiger charge is -2.17. The first-order valence-corrected chi connectivity index (χ1v) is 7.90. The van der Waals surface area contributed by atoms with Crippen molar-refractivity contribution in [3.8, 4) is 0 Å². The van der Waals surface area contributed by atoms with Crippen LogP contribution in [0.25, 0.3) is 0 Å². The Kier molecular flexibility index (Phi) is 3.87. The summed E-state index contributed by atoms with van der Waals surface area (Å²) in [5.74, 6) is 1.07. The van der Waals surface area contributed by atoms with E-state index in [9.17, 15) is 0 Å². The summed E-state index contributed by atoms with van der Waals surface area (Å²) in [4.78, 5) is 0. The number of benzene rings is 2. The summed E-state index contributed by atoms with van der Waals surface area (Å²) >= 11 is 0. The lowest BCUT2D eigenvalue weighted by atomic mass is 9.89. The molecule has 2 heteroatoms. The van der Waals surface area contributed by atoms with Crippen molar-refractivity contribution in [1.29, 1.82) is 0 Å². The third kappa shape index (κ3) is 2.90. The molecule has 21 heavy (non-hydrogen) atoms. The minimum absolute atomic E-state index is 0.295. The van der Waals surface area contributed by atoms with Gasteiger partial charge in [-0.05, 0) is 47.6 Å². The van der Waals surface area contributed by atoms with Crippen LogP contribution >= 0.6 is 0 Å². The van der Waals surface area contributed by atoms with Crippen molar-refractivity contribution < 1.29 is 0 Å². The average Bonchev–Trinajstić information content (AvgIpc) is 3.01. The van der Waals surface area contributed by atoms with Crippen LogP contribution < -0.4 is 11.5 Å². The van der Waals surface area contributed by atoms with Crippen molar-refractivity contribution >= 4 is 11.4 Å². The van der Waals surface area contributed by atoms with Gasteiger partial charge in [-0.15, -0.1) is 0 Å². The van der Waals surface area contributed by atoms with E-state index >= 15 is 0 Å². The molecule has 2 aromatic carbocycles. The normalized spacial score (nSPS) is 17.0. The molecule has 0 aliphatic heterocycles. The quantitative estimate of drug-likeness (QED) is 0.803. The molecule has 1 fully saturated rings. The number of nitrogen functional groups attached to an aromatic ring is 2. The number of rotatable bonds is 3. The van der Waals surface area contributed by atoms with Gasteiger partial charge in [-0.2, -0.15) is 0 Å². The van der Waals surface area contributed by atoms with Gasteiger partial charge in [-0.3, -0.25) is 0 Å². The molecule has 1 unspecified atom stereocenters. The molecule has 2 aromatic rings. The lowest BCUT2D eigenvalue weighted by molar-refractivity contribution is 0.722. The first-order valence-electron chi connectivity index (χ1n) is 7.90. The molecule has 0 spiro atoms. The molecule has 1 aliphatic carbocycles. The fourth-order valence-electron chi connectivity index (χ4n) is 3.48. The van der Waals surface area contributed by atoms with Crippen LogP contribution in [0.15, 0.2) is 42.5 Å². The Morgan fingerprint density at radius 2 is 1.62 bits per heavy atom. The Morgan fingerprint density at radius 1 is 0.952 bits per heavy atom. The highest BCUT2D eigenvalue weighted by Crippen LogP contribution is 2.35. The average molecular weight is 280 g/mol. The third-order valence-corrected chi connectivity index (χ3v) is 4.84. The smallest absolute Gasteiger partial charge is 0.0373 e. The van der Waals surface area contributed by atoms with Crippen molar-refractivity contribution in [1.82, 2.24) is 0 Å². The molecule has 4 N–H and O–H groups in total. The first-order chi connectivity index (χ1) is 10.1. The fourth-order valence-corrected chi connectivity index (χ4v) is 3.48. The molecule has 0 aromatic heterocycles. The topological polar surface area (TPSA) is 52.0 Å². The van der Waals surface area contributed by atoms with Gasteiger partial charge in [0.2, 0.25) is 0 Å². The molecule has 1 saturated carbocycles. The SMILES string of the molecule is CC(c1ccc(C2CCCC2)cc1)c1ccc(N)cc1N. The predicted molar refractivity (Wildman–Crippen MR) is 90.4 cm³/mol. The van der Waals surface area contributed by atoms with Crippen molar-refractivity contribution in [2.45, 2.75) is 44.4 Å². The Hall–Kier alpha value is -1.96. The molecular formula is C19H24N2. The number of hydrogen-bond acceptors (Lipinski definition) is 2. The maximum atomic E-state index is 6.11. The van der Waals surface area contributed by atoms with E-state index in [-0.39, 0.29) is 0 Å². The van der Waals surface area contributed by atoms with Crippen molar-refractivity contribution in [3.63, 3.8) is 0 Å². The Bertz CT molecular complexity index is 610. The Balaban J connectivity index is 1.82. The number of hydrogen-bond donors (Lipinski definition) is 2. The summed E-state index contributed by atoms with van der Waals surface area (Å²) in [5, 5.41) is 0. The molecular weight excluding hydrogens is 256 g/mol. The van der Waals surface area contributed by atoms with Gasteiger partial charge >= 0.3 is 0 Å². The van der Waals surface area contributed by atoms with E-state index in [0.717, 1.165) is 22.9 Å². The van der Waals surface area contributed by atoms with Crippen LogP contribution in [0.1, 0.15) is 61.1 Å². The standard InChI is InChI=1S/C19H24N2/c1-13(18-11-10-17(20)12-19(18)21)14-6-8-16(9-7-14)15-4-2-3-5-15/h6-13,15H,2-5,20-21H2,1H3. The van der Waals surface area contributed by atoms with Crippen molar-refractivity contribution in [3.05, 3.63) is 59.2 Å². The second-order valence-corrected chi connectivity index (χ2v) is 6.26. The number of anilines is 2. The molecule has 110 valence electrons. The van der Waals surface area contributed by atoms with E-state index in [0.29, 0.717) is 5.92 Å². The molecule has 0 heterocycles. The summed E-state index contributed by atoms with van der Waals surface area (Å²) in [5.41, 5.74) is 17.3. The second kappa shape index (κ2) is 5.80. The van der Waals surface area contributed by atoms with Gasteiger partial charge in [0.25, 0.3) is 0 Å². The van der Waals surface area contributed by atoms with Gasteiger partial charge in [0.05, 0.1) is 0 Å². The zero-order chi connectivity index (χ0) is 14.8. The van der Waals surface area contributed by atoms with E-state index in [1.165, 1.54) is 36.8 Å². The highest BCUT2D eigenvalue weighted by Gasteiger charge is 2.17. The van der Waals surface area contributed by atoms with Gasteiger partial charge in [0.15, 0.2) is 0 Å². The largest absolute Gasteiger partial charge is 0.399 e. The second-order valence-electron chi connectivity index (χ2n) is 6.26. The number of nitrogens with two attached hydrogens (primary N) is 2. The van der Waals surface area contributed by atoms with Gasteiger partial charge in [-0.1, -0.05) is 50.1 Å². The summed E-state index contributed by atoms with van der Waals surface area (Å²) < 4.78 is 0. The molecule has 0 amide bonds. The van der Waals surface area contributed by atoms with Crippen LogP contribution in [-0.4, -0.2) is 0 Å². The predicted octanol–water partition coefficient (Wildman–Crippen LogP) is 4.66. The van der Waals surface area contributed by atoms with Crippen LogP contribution in [0.5, 0.6) is 0 Å². The van der Waals surface area contributed by atoms with Crippen molar-refractivity contribution in [2.75, 3.05) is 11.5 Å². The summed E-state index contributed by atoms with van der Waals surface area (Å²) in [6.07, 6.45) is 5.45. The molecule has 0 radical (unpaired) electrons. The van der Waals surface area contributed by atoms with Gasteiger partial charge < -0.3 is 11.5 Å². The zero-order valence-corrected chi connectivity index (χ0v) is 12.7. The van der Waals surface area contributed by atoms with E-state index in [2.05, 4.69) is 31.2 Å². The maximum Gasteiger partial charge on any atom is 0.0373 e. The molecule has 1 aliphatic rings. The lowest BCUT2D eigenvalue weighted by Crippen LogP contribution is -2.02. The van der Waals surface area contributed by atoms with Gasteiger partial charge in [-0.25, -0.2) is 0 Å². The van der Waals surface area contributed by atoms with E-state index in [1.54, 1.807) is 0 Å². The van der Waals surface area contributed by atoms with Crippen LogP contribution in [0.2, 0.25) is 0 Å². The molecule has 3 rings (SSSR count). The van der Waals surface area contributed by atoms with Crippen LogP contribution in [0.4, 0.5) is 11.4 Å². The molecule has 1 atom stereocenters. The van der Waals surface area contributed by atoms with Crippen LogP contribution in [-0.2, 0) is 0 Å². The Labute approximate surface area is 127 Å².